The van der Waals surface area contributed by atoms with Crippen LogP contribution in [0.25, 0.3) is 0 Å². The van der Waals surface area contributed by atoms with Crippen LogP contribution in [-0.4, -0.2) is 18.9 Å². The normalized spacial score (nSPS) is 10.2. The molecule has 1 heterocycles. The summed E-state index contributed by atoms with van der Waals surface area (Å²) in [5.41, 5.74) is 1.54. The van der Waals surface area contributed by atoms with Crippen LogP contribution in [0.4, 0.5) is 0 Å². The van der Waals surface area contributed by atoms with Gasteiger partial charge in [-0.1, -0.05) is 31.2 Å². The van der Waals surface area contributed by atoms with E-state index in [0.29, 0.717) is 5.56 Å². The molecule has 4 nitrogen and oxygen atoms in total. The van der Waals surface area contributed by atoms with Crippen molar-refractivity contribution in [3.8, 4) is 0 Å². The van der Waals surface area contributed by atoms with E-state index < -0.39 is 5.97 Å². The molecule has 4 heteroatoms. The van der Waals surface area contributed by atoms with Gasteiger partial charge in [-0.25, -0.2) is 4.79 Å². The van der Waals surface area contributed by atoms with Gasteiger partial charge in [-0.2, -0.15) is 0 Å². The van der Waals surface area contributed by atoms with Gasteiger partial charge in [-0.3, -0.25) is 4.79 Å². The second-order valence-electron chi connectivity index (χ2n) is 4.00. The summed E-state index contributed by atoms with van der Waals surface area (Å²) < 4.78 is 9.76. The lowest BCUT2D eigenvalue weighted by molar-refractivity contribution is 0.0563. The molecule has 0 aliphatic heterocycles. The van der Waals surface area contributed by atoms with Crippen molar-refractivity contribution in [1.82, 2.24) is 0 Å². The Morgan fingerprint density at radius 3 is 2.47 bits per heavy atom. The van der Waals surface area contributed by atoms with E-state index in [2.05, 4.69) is 4.74 Å². The SMILES string of the molecule is CCc1ccccc1C(=O)c1ccc(C(=O)OC)o1. The van der Waals surface area contributed by atoms with Crippen LogP contribution >= 0.6 is 0 Å². The number of hydrogen-bond donors (Lipinski definition) is 0. The second kappa shape index (κ2) is 5.52. The highest BCUT2D eigenvalue weighted by molar-refractivity contribution is 6.08. The summed E-state index contributed by atoms with van der Waals surface area (Å²) in [6, 6.07) is 10.3. The van der Waals surface area contributed by atoms with Crippen LogP contribution in [0.1, 0.15) is 39.2 Å². The van der Waals surface area contributed by atoms with Gasteiger partial charge in [0.25, 0.3) is 0 Å². The number of furan rings is 1. The predicted octanol–water partition coefficient (Wildman–Crippen LogP) is 2.86. The molecule has 0 atom stereocenters. The summed E-state index contributed by atoms with van der Waals surface area (Å²) in [5.74, 6) is -0.656. The average Bonchev–Trinajstić information content (AvgIpc) is 2.95. The molecule has 1 aromatic heterocycles. The van der Waals surface area contributed by atoms with E-state index in [0.717, 1.165) is 12.0 Å². The smallest absolute Gasteiger partial charge is 0.373 e. The largest absolute Gasteiger partial charge is 0.463 e. The molecular weight excluding hydrogens is 244 g/mol. The van der Waals surface area contributed by atoms with Gasteiger partial charge in [-0.15, -0.1) is 0 Å². The van der Waals surface area contributed by atoms with Gasteiger partial charge in [0.2, 0.25) is 11.5 Å². The number of methoxy groups -OCH3 is 1. The van der Waals surface area contributed by atoms with Crippen LogP contribution in [0, 0.1) is 0 Å². The fourth-order valence-corrected chi connectivity index (χ4v) is 1.85. The monoisotopic (exact) mass is 258 g/mol. The molecule has 2 rings (SSSR count). The van der Waals surface area contributed by atoms with E-state index >= 15 is 0 Å². The van der Waals surface area contributed by atoms with Gasteiger partial charge in [0.15, 0.2) is 5.76 Å². The molecule has 98 valence electrons. The fraction of sp³-hybridized carbons (Fsp3) is 0.200. The highest BCUT2D eigenvalue weighted by Gasteiger charge is 2.18. The van der Waals surface area contributed by atoms with Crippen molar-refractivity contribution in [2.75, 3.05) is 7.11 Å². The van der Waals surface area contributed by atoms with Gasteiger partial charge < -0.3 is 9.15 Å². The van der Waals surface area contributed by atoms with Crippen LogP contribution in [0.3, 0.4) is 0 Å². The van der Waals surface area contributed by atoms with Crippen molar-refractivity contribution in [1.29, 1.82) is 0 Å². The van der Waals surface area contributed by atoms with Crippen molar-refractivity contribution in [3.05, 3.63) is 59.0 Å². The summed E-state index contributed by atoms with van der Waals surface area (Å²) in [5, 5.41) is 0. The van der Waals surface area contributed by atoms with Crippen LogP contribution in [0.5, 0.6) is 0 Å². The first-order chi connectivity index (χ1) is 9.17. The minimum absolute atomic E-state index is 0.0276. The summed E-state index contributed by atoms with van der Waals surface area (Å²) in [6.45, 7) is 1.98. The van der Waals surface area contributed by atoms with E-state index in [1.807, 2.05) is 19.1 Å². The summed E-state index contributed by atoms with van der Waals surface area (Å²) in [7, 11) is 1.26. The Morgan fingerprint density at radius 2 is 1.79 bits per heavy atom. The maximum Gasteiger partial charge on any atom is 0.373 e. The molecule has 0 saturated carbocycles. The zero-order valence-electron chi connectivity index (χ0n) is 10.8. The lowest BCUT2D eigenvalue weighted by Gasteiger charge is -2.04. The molecule has 0 radical (unpaired) electrons. The third kappa shape index (κ3) is 2.57. The Labute approximate surface area is 111 Å². The van der Waals surface area contributed by atoms with E-state index in [-0.39, 0.29) is 17.3 Å². The minimum Gasteiger partial charge on any atom is -0.463 e. The quantitative estimate of drug-likeness (QED) is 0.625. The molecule has 0 N–H and O–H groups in total. The molecule has 0 unspecified atom stereocenters. The van der Waals surface area contributed by atoms with Crippen LogP contribution in [0.2, 0.25) is 0 Å². The summed E-state index contributed by atoms with van der Waals surface area (Å²) in [6.07, 6.45) is 0.756. The molecule has 0 amide bonds. The van der Waals surface area contributed by atoms with E-state index in [1.165, 1.54) is 19.2 Å². The number of ketones is 1. The Hall–Kier alpha value is -2.36. The molecule has 0 saturated heterocycles. The van der Waals surface area contributed by atoms with Gasteiger partial charge in [-0.05, 0) is 24.1 Å². The average molecular weight is 258 g/mol. The molecule has 0 aliphatic carbocycles. The highest BCUT2D eigenvalue weighted by atomic mass is 16.5. The Balaban J connectivity index is 2.34. The van der Waals surface area contributed by atoms with Gasteiger partial charge in [0.1, 0.15) is 0 Å². The third-order valence-electron chi connectivity index (χ3n) is 2.86. The number of carbonyl (C=O) groups excluding carboxylic acids is 2. The van der Waals surface area contributed by atoms with Crippen LogP contribution < -0.4 is 0 Å². The van der Waals surface area contributed by atoms with Crippen LogP contribution in [-0.2, 0) is 11.2 Å². The van der Waals surface area contributed by atoms with Crippen molar-refractivity contribution in [3.63, 3.8) is 0 Å². The lowest BCUT2D eigenvalue weighted by Crippen LogP contribution is -2.04. The number of ether oxygens (including phenoxy) is 1. The summed E-state index contributed by atoms with van der Waals surface area (Å²) in [4.78, 5) is 23.6. The number of rotatable bonds is 4. The number of carbonyl (C=O) groups is 2. The number of aryl methyl sites for hydroxylation is 1. The Bertz CT molecular complexity index is 610. The number of esters is 1. The van der Waals surface area contributed by atoms with Crippen molar-refractivity contribution >= 4 is 11.8 Å². The van der Waals surface area contributed by atoms with Gasteiger partial charge in [0.05, 0.1) is 7.11 Å². The molecule has 0 fully saturated rings. The van der Waals surface area contributed by atoms with E-state index in [9.17, 15) is 9.59 Å². The van der Waals surface area contributed by atoms with Gasteiger partial charge >= 0.3 is 5.97 Å². The molecule has 2 aromatic rings. The topological polar surface area (TPSA) is 56.5 Å². The first-order valence-corrected chi connectivity index (χ1v) is 5.98. The lowest BCUT2D eigenvalue weighted by atomic mass is 10.0. The van der Waals surface area contributed by atoms with E-state index in [1.54, 1.807) is 12.1 Å². The summed E-state index contributed by atoms with van der Waals surface area (Å²) >= 11 is 0. The Morgan fingerprint density at radius 1 is 1.11 bits per heavy atom. The zero-order valence-corrected chi connectivity index (χ0v) is 10.8. The third-order valence-corrected chi connectivity index (χ3v) is 2.86. The minimum atomic E-state index is -0.595. The standard InChI is InChI=1S/C15H14O4/c1-3-10-6-4-5-7-11(10)14(16)12-8-9-13(19-12)15(17)18-2/h4-9H,3H2,1-2H3. The molecule has 0 aliphatic rings. The van der Waals surface area contributed by atoms with Crippen molar-refractivity contribution in [2.24, 2.45) is 0 Å². The molecule has 19 heavy (non-hydrogen) atoms. The molecule has 0 bridgehead atoms. The Kier molecular flexibility index (Phi) is 3.80. The molecular formula is C15H14O4. The highest BCUT2D eigenvalue weighted by Crippen LogP contribution is 2.17. The van der Waals surface area contributed by atoms with E-state index in [4.69, 9.17) is 4.42 Å². The number of hydrogen-bond acceptors (Lipinski definition) is 4. The maximum atomic E-state index is 12.3. The zero-order chi connectivity index (χ0) is 13.8. The first-order valence-electron chi connectivity index (χ1n) is 5.98. The van der Waals surface area contributed by atoms with Gasteiger partial charge in [0, 0.05) is 5.56 Å². The molecule has 0 spiro atoms. The predicted molar refractivity (Wildman–Crippen MR) is 69.3 cm³/mol. The molecule has 1 aromatic carbocycles. The first kappa shape index (κ1) is 13.1. The van der Waals surface area contributed by atoms with Crippen molar-refractivity contribution in [2.45, 2.75) is 13.3 Å². The number of benzene rings is 1. The fourth-order valence-electron chi connectivity index (χ4n) is 1.85. The second-order valence-corrected chi connectivity index (χ2v) is 4.00. The maximum absolute atomic E-state index is 12.3. The van der Waals surface area contributed by atoms with Crippen LogP contribution in [0.15, 0.2) is 40.8 Å². The van der Waals surface area contributed by atoms with Crippen molar-refractivity contribution < 1.29 is 18.7 Å².